The Kier molecular flexibility index (Phi) is 6.50. The molecule has 2 saturated carbocycles. The molecule has 0 radical (unpaired) electrons. The number of rotatable bonds is 6. The summed E-state index contributed by atoms with van der Waals surface area (Å²) in [6.45, 7) is 3.88. The highest BCUT2D eigenvalue weighted by molar-refractivity contribution is 4.66. The van der Waals surface area contributed by atoms with E-state index in [0.717, 1.165) is 25.0 Å². The molecule has 2 fully saturated rings. The van der Waals surface area contributed by atoms with Crippen LogP contribution in [0.15, 0.2) is 0 Å². The molecule has 2 aliphatic carbocycles. The number of hydrogen-bond donors (Lipinski definition) is 0. The largest absolute Gasteiger partial charge is 0.353 e. The lowest BCUT2D eigenvalue weighted by Gasteiger charge is -2.26. The molecular weight excluding hydrogens is 224 g/mol. The maximum atomic E-state index is 5.85. The van der Waals surface area contributed by atoms with Gasteiger partial charge in [0.25, 0.3) is 0 Å². The third kappa shape index (κ3) is 5.27. The van der Waals surface area contributed by atoms with Crippen LogP contribution in [0, 0.1) is 11.8 Å². The minimum Gasteiger partial charge on any atom is -0.353 e. The highest BCUT2D eigenvalue weighted by Gasteiger charge is 2.17. The Morgan fingerprint density at radius 3 is 1.50 bits per heavy atom. The standard InChI is InChI=1S/C16H30O2/c1-14(17-12-15-8-4-2-5-9-15)18-13-16-10-6-3-7-11-16/h14-16H,2-13H2,1H3. The molecule has 0 bridgehead atoms. The van der Waals surface area contributed by atoms with Gasteiger partial charge in [-0.05, 0) is 44.4 Å². The van der Waals surface area contributed by atoms with E-state index >= 15 is 0 Å². The van der Waals surface area contributed by atoms with Gasteiger partial charge in [0, 0.05) is 0 Å². The molecule has 0 saturated heterocycles. The van der Waals surface area contributed by atoms with Gasteiger partial charge in [-0.2, -0.15) is 0 Å². The van der Waals surface area contributed by atoms with Crippen LogP contribution in [0.1, 0.15) is 71.1 Å². The van der Waals surface area contributed by atoms with Crippen molar-refractivity contribution < 1.29 is 9.47 Å². The summed E-state index contributed by atoms with van der Waals surface area (Å²) in [6.07, 6.45) is 13.8. The average molecular weight is 254 g/mol. The topological polar surface area (TPSA) is 18.5 Å². The van der Waals surface area contributed by atoms with E-state index < -0.39 is 0 Å². The normalized spacial score (nSPS) is 23.7. The lowest BCUT2D eigenvalue weighted by molar-refractivity contribution is -0.149. The van der Waals surface area contributed by atoms with E-state index in [-0.39, 0.29) is 6.29 Å². The fraction of sp³-hybridized carbons (Fsp3) is 1.00. The summed E-state index contributed by atoms with van der Waals surface area (Å²) in [5.41, 5.74) is 0. The molecule has 0 atom stereocenters. The first kappa shape index (κ1) is 14.3. The Morgan fingerprint density at radius 1 is 0.722 bits per heavy atom. The highest BCUT2D eigenvalue weighted by atomic mass is 16.7. The van der Waals surface area contributed by atoms with Crippen molar-refractivity contribution in [2.45, 2.75) is 77.4 Å². The summed E-state index contributed by atoms with van der Waals surface area (Å²) in [5, 5.41) is 0. The van der Waals surface area contributed by atoms with Crippen molar-refractivity contribution in [2.75, 3.05) is 13.2 Å². The second kappa shape index (κ2) is 8.16. The van der Waals surface area contributed by atoms with Crippen molar-refractivity contribution >= 4 is 0 Å². The van der Waals surface area contributed by atoms with Crippen LogP contribution in [0.25, 0.3) is 0 Å². The predicted molar refractivity (Wildman–Crippen MR) is 74.5 cm³/mol. The predicted octanol–water partition coefficient (Wildman–Crippen LogP) is 4.53. The van der Waals surface area contributed by atoms with Crippen LogP contribution in [-0.4, -0.2) is 19.5 Å². The zero-order chi connectivity index (χ0) is 12.6. The summed E-state index contributed by atoms with van der Waals surface area (Å²) < 4.78 is 11.7. The van der Waals surface area contributed by atoms with Crippen LogP contribution in [-0.2, 0) is 9.47 Å². The number of hydrogen-bond acceptors (Lipinski definition) is 2. The number of ether oxygens (including phenoxy) is 2. The lowest BCUT2D eigenvalue weighted by atomic mass is 9.90. The van der Waals surface area contributed by atoms with Gasteiger partial charge in [0.2, 0.25) is 0 Å². The summed E-state index contributed by atoms with van der Waals surface area (Å²) in [7, 11) is 0. The molecule has 0 aromatic carbocycles. The average Bonchev–Trinajstić information content (AvgIpc) is 2.45. The highest BCUT2D eigenvalue weighted by Crippen LogP contribution is 2.25. The molecule has 0 amide bonds. The molecule has 0 heterocycles. The van der Waals surface area contributed by atoms with Crippen molar-refractivity contribution in [1.29, 1.82) is 0 Å². The molecule has 0 aromatic rings. The molecule has 106 valence electrons. The third-order valence-corrected chi connectivity index (χ3v) is 4.58. The first-order chi connectivity index (χ1) is 8.84. The van der Waals surface area contributed by atoms with Crippen molar-refractivity contribution in [2.24, 2.45) is 11.8 Å². The summed E-state index contributed by atoms with van der Waals surface area (Å²) in [6, 6.07) is 0. The van der Waals surface area contributed by atoms with Gasteiger partial charge < -0.3 is 9.47 Å². The zero-order valence-corrected chi connectivity index (χ0v) is 12.0. The third-order valence-electron chi connectivity index (χ3n) is 4.58. The van der Waals surface area contributed by atoms with Gasteiger partial charge in [-0.3, -0.25) is 0 Å². The molecule has 2 rings (SSSR count). The molecular formula is C16H30O2. The minimum atomic E-state index is -0.00569. The van der Waals surface area contributed by atoms with E-state index in [1.807, 2.05) is 0 Å². The molecule has 18 heavy (non-hydrogen) atoms. The van der Waals surface area contributed by atoms with E-state index in [0.29, 0.717) is 0 Å². The van der Waals surface area contributed by atoms with Gasteiger partial charge in [-0.1, -0.05) is 38.5 Å². The maximum absolute atomic E-state index is 5.85. The molecule has 0 aliphatic heterocycles. The Labute approximate surface area is 112 Å². The van der Waals surface area contributed by atoms with E-state index in [9.17, 15) is 0 Å². The Balaban J connectivity index is 1.52. The molecule has 0 spiro atoms. The summed E-state index contributed by atoms with van der Waals surface area (Å²) in [4.78, 5) is 0. The SMILES string of the molecule is CC(OCC1CCCCC1)OCC1CCCCC1. The van der Waals surface area contributed by atoms with Crippen molar-refractivity contribution in [3.63, 3.8) is 0 Å². The Bertz CT molecular complexity index is 183. The van der Waals surface area contributed by atoms with E-state index in [1.165, 1.54) is 64.2 Å². The molecule has 0 unspecified atom stereocenters. The van der Waals surface area contributed by atoms with Gasteiger partial charge in [0.05, 0.1) is 13.2 Å². The quantitative estimate of drug-likeness (QED) is 0.648. The molecule has 2 heteroatoms. The van der Waals surface area contributed by atoms with Gasteiger partial charge >= 0.3 is 0 Å². The second-order valence-electron chi connectivity index (χ2n) is 6.24. The second-order valence-corrected chi connectivity index (χ2v) is 6.24. The molecule has 2 nitrogen and oxygen atoms in total. The molecule has 2 aliphatic rings. The molecule has 0 aromatic heterocycles. The van der Waals surface area contributed by atoms with Crippen LogP contribution >= 0.6 is 0 Å². The first-order valence-corrected chi connectivity index (χ1v) is 8.08. The fourth-order valence-corrected chi connectivity index (χ4v) is 3.30. The fourth-order valence-electron chi connectivity index (χ4n) is 3.30. The monoisotopic (exact) mass is 254 g/mol. The maximum Gasteiger partial charge on any atom is 0.154 e. The van der Waals surface area contributed by atoms with Crippen LogP contribution < -0.4 is 0 Å². The van der Waals surface area contributed by atoms with E-state index in [2.05, 4.69) is 6.92 Å². The lowest BCUT2D eigenvalue weighted by Crippen LogP contribution is -2.23. The Hall–Kier alpha value is -0.0800. The van der Waals surface area contributed by atoms with Crippen molar-refractivity contribution in [3.8, 4) is 0 Å². The van der Waals surface area contributed by atoms with Crippen LogP contribution in [0.4, 0.5) is 0 Å². The van der Waals surface area contributed by atoms with Crippen LogP contribution in [0.5, 0.6) is 0 Å². The first-order valence-electron chi connectivity index (χ1n) is 8.08. The van der Waals surface area contributed by atoms with Crippen molar-refractivity contribution in [3.05, 3.63) is 0 Å². The molecule has 0 N–H and O–H groups in total. The van der Waals surface area contributed by atoms with Gasteiger partial charge in [-0.15, -0.1) is 0 Å². The van der Waals surface area contributed by atoms with Crippen LogP contribution in [0.2, 0.25) is 0 Å². The van der Waals surface area contributed by atoms with Crippen molar-refractivity contribution in [1.82, 2.24) is 0 Å². The zero-order valence-electron chi connectivity index (χ0n) is 12.0. The van der Waals surface area contributed by atoms with Crippen LogP contribution in [0.3, 0.4) is 0 Å². The van der Waals surface area contributed by atoms with E-state index in [1.54, 1.807) is 0 Å². The Morgan fingerprint density at radius 2 is 1.11 bits per heavy atom. The van der Waals surface area contributed by atoms with E-state index in [4.69, 9.17) is 9.47 Å². The van der Waals surface area contributed by atoms with Gasteiger partial charge in [0.1, 0.15) is 0 Å². The van der Waals surface area contributed by atoms with Gasteiger partial charge in [-0.25, -0.2) is 0 Å². The summed E-state index contributed by atoms with van der Waals surface area (Å²) in [5.74, 6) is 1.58. The summed E-state index contributed by atoms with van der Waals surface area (Å²) >= 11 is 0. The smallest absolute Gasteiger partial charge is 0.154 e. The van der Waals surface area contributed by atoms with Gasteiger partial charge in [0.15, 0.2) is 6.29 Å². The minimum absolute atomic E-state index is 0.00569.